The molecule has 2 aromatic rings. The number of likely N-dealkylation sites (tertiary alicyclic amines) is 1. The van der Waals surface area contributed by atoms with Gasteiger partial charge in [0.15, 0.2) is 0 Å². The fourth-order valence-electron chi connectivity index (χ4n) is 5.07. The van der Waals surface area contributed by atoms with Crippen molar-refractivity contribution in [1.82, 2.24) is 9.88 Å². The molecule has 0 radical (unpaired) electrons. The maximum Gasteiger partial charge on any atom is 0.250 e. The van der Waals surface area contributed by atoms with E-state index in [4.69, 9.17) is 5.73 Å². The zero-order chi connectivity index (χ0) is 18.5. The largest absolute Gasteiger partial charge is 0.366 e. The smallest absolute Gasteiger partial charge is 0.250 e. The van der Waals surface area contributed by atoms with Gasteiger partial charge in [0.05, 0.1) is 17.6 Å². The lowest BCUT2D eigenvalue weighted by Gasteiger charge is -2.30. The van der Waals surface area contributed by atoms with Crippen molar-refractivity contribution in [2.45, 2.75) is 43.8 Å². The van der Waals surface area contributed by atoms with Crippen LogP contribution in [0.4, 0.5) is 5.82 Å². The molecule has 3 aliphatic rings. The van der Waals surface area contributed by atoms with Crippen LogP contribution in [0, 0.1) is 0 Å². The number of anilines is 1. The van der Waals surface area contributed by atoms with E-state index < -0.39 is 5.91 Å². The molecular weight excluding hydrogens is 340 g/mol. The van der Waals surface area contributed by atoms with Crippen molar-refractivity contribution >= 4 is 17.6 Å². The van der Waals surface area contributed by atoms with Gasteiger partial charge in [-0.1, -0.05) is 24.3 Å². The zero-order valence-electron chi connectivity index (χ0n) is 15.0. The predicted octanol–water partition coefficient (Wildman–Crippen LogP) is 1.53. The lowest BCUT2D eigenvalue weighted by Crippen LogP contribution is -2.44. The highest BCUT2D eigenvalue weighted by atomic mass is 16.2. The van der Waals surface area contributed by atoms with Gasteiger partial charge in [0.1, 0.15) is 5.82 Å². The molecule has 6 heteroatoms. The first kappa shape index (κ1) is 16.3. The maximum atomic E-state index is 12.9. The van der Waals surface area contributed by atoms with Gasteiger partial charge in [-0.15, -0.1) is 0 Å². The summed E-state index contributed by atoms with van der Waals surface area (Å²) in [5.41, 5.74) is 8.45. The number of amides is 2. The van der Waals surface area contributed by atoms with E-state index in [9.17, 15) is 9.59 Å². The van der Waals surface area contributed by atoms with Crippen LogP contribution in [0.1, 0.15) is 34.3 Å². The third kappa shape index (κ3) is 2.59. The van der Waals surface area contributed by atoms with E-state index in [0.29, 0.717) is 12.0 Å². The van der Waals surface area contributed by atoms with Crippen LogP contribution in [-0.4, -0.2) is 46.4 Å². The zero-order valence-corrected chi connectivity index (χ0v) is 15.0. The molecule has 6 nitrogen and oxygen atoms in total. The van der Waals surface area contributed by atoms with Gasteiger partial charge in [0.2, 0.25) is 11.8 Å². The molecule has 3 heterocycles. The number of nitrogens with two attached hydrogens (primary N) is 1. The van der Waals surface area contributed by atoms with E-state index in [1.165, 1.54) is 17.3 Å². The molecule has 0 spiro atoms. The summed E-state index contributed by atoms with van der Waals surface area (Å²) in [6, 6.07) is 12.7. The van der Waals surface area contributed by atoms with E-state index in [0.717, 1.165) is 31.6 Å². The number of fused-ring (bicyclic) bond motifs is 2. The van der Waals surface area contributed by atoms with Crippen molar-refractivity contribution in [1.29, 1.82) is 0 Å². The van der Waals surface area contributed by atoms with Crippen molar-refractivity contribution in [2.75, 3.05) is 11.4 Å². The number of carbonyl (C=O) groups is 2. The summed E-state index contributed by atoms with van der Waals surface area (Å²) in [5, 5.41) is 0. The Kier molecular flexibility index (Phi) is 3.67. The van der Waals surface area contributed by atoms with Crippen molar-refractivity contribution in [2.24, 2.45) is 5.73 Å². The fraction of sp³-hybridized carbons (Fsp3) is 0.381. The molecule has 5 rings (SSSR count). The third-order valence-electron chi connectivity index (χ3n) is 6.29. The van der Waals surface area contributed by atoms with Crippen molar-refractivity contribution in [3.8, 4) is 0 Å². The van der Waals surface area contributed by atoms with Crippen LogP contribution in [0.3, 0.4) is 0 Å². The van der Waals surface area contributed by atoms with Crippen LogP contribution in [-0.2, 0) is 17.6 Å². The number of aromatic nitrogens is 1. The average molecular weight is 362 g/mol. The summed E-state index contributed by atoms with van der Waals surface area (Å²) in [4.78, 5) is 32.9. The molecule has 0 bridgehead atoms. The molecule has 2 atom stereocenters. The molecule has 2 saturated heterocycles. The second-order valence-corrected chi connectivity index (χ2v) is 7.72. The molecule has 1 aromatic heterocycles. The molecule has 2 fully saturated rings. The summed E-state index contributed by atoms with van der Waals surface area (Å²) in [6.45, 7) is 0.877. The lowest BCUT2D eigenvalue weighted by atomic mass is 10.1. The van der Waals surface area contributed by atoms with E-state index in [1.54, 1.807) is 6.07 Å². The molecule has 0 saturated carbocycles. The number of carbonyl (C=O) groups excluding carboxylic acids is 2. The number of primary amides is 1. The number of rotatable bonds is 3. The van der Waals surface area contributed by atoms with Crippen LogP contribution in [0.15, 0.2) is 42.6 Å². The summed E-state index contributed by atoms with van der Waals surface area (Å²) in [5.74, 6) is 0.592. The number of pyridine rings is 1. The Morgan fingerprint density at radius 3 is 2.41 bits per heavy atom. The normalized spacial score (nSPS) is 24.4. The number of hydrogen-bond donors (Lipinski definition) is 1. The Morgan fingerprint density at radius 1 is 1.04 bits per heavy atom. The maximum absolute atomic E-state index is 12.9. The first-order valence-electron chi connectivity index (χ1n) is 9.52. The van der Waals surface area contributed by atoms with E-state index >= 15 is 0 Å². The molecule has 1 aliphatic carbocycles. The third-order valence-corrected chi connectivity index (χ3v) is 6.29. The fourth-order valence-corrected chi connectivity index (χ4v) is 5.07. The van der Waals surface area contributed by atoms with Gasteiger partial charge in [-0.3, -0.25) is 9.59 Å². The molecular formula is C21H22N4O2. The summed E-state index contributed by atoms with van der Waals surface area (Å²) < 4.78 is 0. The second-order valence-electron chi connectivity index (χ2n) is 7.72. The highest BCUT2D eigenvalue weighted by Crippen LogP contribution is 2.39. The number of nitrogens with zero attached hydrogens (tertiary/aromatic N) is 3. The van der Waals surface area contributed by atoms with Crippen molar-refractivity contribution in [3.05, 3.63) is 59.3 Å². The molecule has 1 aromatic carbocycles. The van der Waals surface area contributed by atoms with Crippen LogP contribution in [0.2, 0.25) is 0 Å². The Balaban J connectivity index is 1.36. The lowest BCUT2D eigenvalue weighted by molar-refractivity contribution is -0.131. The standard InChI is InChI=1S/C21H22N4O2/c22-21(27)15-5-6-19(23-12-15)24-8-7-17-18(24)11-20(26)25(17)16-9-13-3-1-2-4-14(13)10-16/h1-6,12,16-18H,7-11H2,(H2,22,27)/t17-,18-/m0/s1. The molecule has 138 valence electrons. The highest BCUT2D eigenvalue weighted by Gasteiger charge is 2.50. The Morgan fingerprint density at radius 2 is 1.78 bits per heavy atom. The molecule has 2 N–H and O–H groups in total. The minimum Gasteiger partial charge on any atom is -0.366 e. The summed E-state index contributed by atoms with van der Waals surface area (Å²) in [6.07, 6.45) is 4.93. The minimum absolute atomic E-state index is 0.160. The second kappa shape index (κ2) is 6.08. The van der Waals surface area contributed by atoms with E-state index in [-0.39, 0.29) is 24.0 Å². The van der Waals surface area contributed by atoms with Gasteiger partial charge < -0.3 is 15.5 Å². The Hall–Kier alpha value is -2.89. The molecule has 0 unspecified atom stereocenters. The first-order valence-corrected chi connectivity index (χ1v) is 9.52. The number of benzene rings is 1. The Labute approximate surface area is 158 Å². The van der Waals surface area contributed by atoms with Gasteiger partial charge in [0, 0.05) is 25.2 Å². The van der Waals surface area contributed by atoms with Gasteiger partial charge in [-0.05, 0) is 42.5 Å². The quantitative estimate of drug-likeness (QED) is 0.898. The summed E-state index contributed by atoms with van der Waals surface area (Å²) >= 11 is 0. The predicted molar refractivity (Wildman–Crippen MR) is 101 cm³/mol. The van der Waals surface area contributed by atoms with Gasteiger partial charge in [-0.2, -0.15) is 0 Å². The Bertz CT molecular complexity index is 886. The van der Waals surface area contributed by atoms with Crippen LogP contribution in [0.5, 0.6) is 0 Å². The van der Waals surface area contributed by atoms with Crippen molar-refractivity contribution in [3.63, 3.8) is 0 Å². The topological polar surface area (TPSA) is 79.5 Å². The van der Waals surface area contributed by atoms with Gasteiger partial charge >= 0.3 is 0 Å². The van der Waals surface area contributed by atoms with Crippen LogP contribution >= 0.6 is 0 Å². The van der Waals surface area contributed by atoms with Gasteiger partial charge in [0.25, 0.3) is 0 Å². The first-order chi connectivity index (χ1) is 13.1. The minimum atomic E-state index is -0.476. The van der Waals surface area contributed by atoms with Gasteiger partial charge in [-0.25, -0.2) is 4.98 Å². The van der Waals surface area contributed by atoms with E-state index in [2.05, 4.69) is 39.0 Å². The van der Waals surface area contributed by atoms with Crippen LogP contribution in [0.25, 0.3) is 0 Å². The monoisotopic (exact) mass is 362 g/mol. The average Bonchev–Trinajstić information content (AvgIpc) is 3.34. The molecule has 2 aliphatic heterocycles. The van der Waals surface area contributed by atoms with Crippen LogP contribution < -0.4 is 10.6 Å². The van der Waals surface area contributed by atoms with E-state index in [1.807, 2.05) is 6.07 Å². The van der Waals surface area contributed by atoms with Crippen molar-refractivity contribution < 1.29 is 9.59 Å². The summed E-state index contributed by atoms with van der Waals surface area (Å²) in [7, 11) is 0. The molecule has 2 amide bonds. The highest BCUT2D eigenvalue weighted by molar-refractivity contribution is 5.92. The molecule has 27 heavy (non-hydrogen) atoms. The number of hydrogen-bond acceptors (Lipinski definition) is 4. The SMILES string of the molecule is NC(=O)c1ccc(N2CC[C@H]3[C@@H]2CC(=O)N3C2Cc3ccccc3C2)nc1.